The van der Waals surface area contributed by atoms with E-state index in [9.17, 15) is 9.59 Å². The Labute approximate surface area is 149 Å². The Hall–Kier alpha value is -2.41. The quantitative estimate of drug-likeness (QED) is 0.827. The van der Waals surface area contributed by atoms with Gasteiger partial charge in [-0.15, -0.1) is 11.3 Å². The van der Waals surface area contributed by atoms with Crippen molar-refractivity contribution in [2.75, 3.05) is 0 Å². The van der Waals surface area contributed by atoms with Crippen LogP contribution in [0.2, 0.25) is 0 Å². The number of aryl methyl sites for hydroxylation is 1. The van der Waals surface area contributed by atoms with E-state index in [-0.39, 0.29) is 17.9 Å². The molecule has 6 nitrogen and oxygen atoms in total. The van der Waals surface area contributed by atoms with E-state index in [1.54, 1.807) is 35.6 Å². The van der Waals surface area contributed by atoms with Crippen molar-refractivity contribution >= 4 is 23.2 Å². The number of aliphatic carboxylic acids is 1. The third kappa shape index (κ3) is 4.57. The number of carboxylic acid groups (broad SMARTS) is 1. The summed E-state index contributed by atoms with van der Waals surface area (Å²) < 4.78 is 5.70. The lowest BCUT2D eigenvalue weighted by atomic mass is 10.1. The summed E-state index contributed by atoms with van der Waals surface area (Å²) in [5.41, 5.74) is 1.37. The van der Waals surface area contributed by atoms with Crippen molar-refractivity contribution in [1.29, 1.82) is 0 Å². The van der Waals surface area contributed by atoms with Gasteiger partial charge in [0, 0.05) is 17.0 Å². The van der Waals surface area contributed by atoms with Gasteiger partial charge in [0.25, 0.3) is 5.91 Å². The summed E-state index contributed by atoms with van der Waals surface area (Å²) in [4.78, 5) is 27.7. The zero-order valence-corrected chi connectivity index (χ0v) is 14.7. The van der Waals surface area contributed by atoms with Crippen molar-refractivity contribution in [1.82, 2.24) is 10.3 Å². The van der Waals surface area contributed by atoms with E-state index in [1.807, 2.05) is 12.3 Å². The first-order valence-corrected chi connectivity index (χ1v) is 9.07. The van der Waals surface area contributed by atoms with Crippen molar-refractivity contribution in [2.24, 2.45) is 5.92 Å². The zero-order chi connectivity index (χ0) is 17.8. The van der Waals surface area contributed by atoms with Gasteiger partial charge in [0.2, 0.25) is 0 Å². The summed E-state index contributed by atoms with van der Waals surface area (Å²) >= 11 is 1.57. The molecule has 1 aliphatic rings. The summed E-state index contributed by atoms with van der Waals surface area (Å²) in [5.74, 6) is -0.745. The summed E-state index contributed by atoms with van der Waals surface area (Å²) in [6.45, 7) is 2.30. The first kappa shape index (κ1) is 17.4. The monoisotopic (exact) mass is 360 g/mol. The highest BCUT2D eigenvalue weighted by Gasteiger charge is 2.30. The molecular weight excluding hydrogens is 340 g/mol. The van der Waals surface area contributed by atoms with Gasteiger partial charge < -0.3 is 15.2 Å². The van der Waals surface area contributed by atoms with Crippen molar-refractivity contribution in [3.05, 3.63) is 45.9 Å². The van der Waals surface area contributed by atoms with E-state index in [0.717, 1.165) is 10.7 Å². The molecule has 25 heavy (non-hydrogen) atoms. The highest BCUT2D eigenvalue weighted by Crippen LogP contribution is 2.26. The lowest BCUT2D eigenvalue weighted by Crippen LogP contribution is -2.33. The number of carbonyl (C=O) groups excluding carboxylic acids is 1. The van der Waals surface area contributed by atoms with Crippen molar-refractivity contribution < 1.29 is 19.4 Å². The number of benzene rings is 1. The third-order valence-electron chi connectivity index (χ3n) is 4.27. The molecule has 0 unspecified atom stereocenters. The molecular formula is C18H20N2O4S. The average molecular weight is 360 g/mol. The molecule has 0 aliphatic heterocycles. The predicted molar refractivity (Wildman–Crippen MR) is 93.9 cm³/mol. The summed E-state index contributed by atoms with van der Waals surface area (Å²) in [6, 6.07) is 6.89. The number of nitrogens with one attached hydrogen (secondary N) is 1. The van der Waals surface area contributed by atoms with E-state index >= 15 is 0 Å². The molecule has 1 fully saturated rings. The lowest BCUT2D eigenvalue weighted by Gasteiger charge is -2.13. The highest BCUT2D eigenvalue weighted by molar-refractivity contribution is 7.09. The van der Waals surface area contributed by atoms with Crippen molar-refractivity contribution in [2.45, 2.75) is 38.8 Å². The third-order valence-corrected chi connectivity index (χ3v) is 5.09. The van der Waals surface area contributed by atoms with Crippen molar-refractivity contribution in [3.63, 3.8) is 0 Å². The van der Waals surface area contributed by atoms with Gasteiger partial charge in [0.1, 0.15) is 12.4 Å². The van der Waals surface area contributed by atoms with Gasteiger partial charge in [-0.05, 0) is 44.4 Å². The Bertz CT molecular complexity index is 774. The van der Waals surface area contributed by atoms with E-state index in [1.165, 1.54) is 0 Å². The molecule has 1 saturated carbocycles. The number of thiazole rings is 1. The number of aromatic nitrogens is 1. The molecule has 0 saturated heterocycles. The van der Waals surface area contributed by atoms with Gasteiger partial charge >= 0.3 is 5.97 Å². The van der Waals surface area contributed by atoms with Gasteiger partial charge in [-0.3, -0.25) is 9.59 Å². The van der Waals surface area contributed by atoms with Gasteiger partial charge in [-0.1, -0.05) is 6.07 Å². The van der Waals surface area contributed by atoms with Crippen LogP contribution in [0, 0.1) is 12.8 Å². The number of hydrogen-bond donors (Lipinski definition) is 2. The Balaban J connectivity index is 1.57. The van der Waals surface area contributed by atoms with Crippen LogP contribution in [-0.4, -0.2) is 28.0 Å². The summed E-state index contributed by atoms with van der Waals surface area (Å²) in [7, 11) is 0. The molecule has 2 N–H and O–H groups in total. The lowest BCUT2D eigenvalue weighted by molar-refractivity contribution is -0.141. The number of amides is 1. The molecule has 1 aromatic carbocycles. The van der Waals surface area contributed by atoms with Gasteiger partial charge in [0.15, 0.2) is 0 Å². The zero-order valence-electron chi connectivity index (χ0n) is 13.9. The molecule has 2 atom stereocenters. The fourth-order valence-electron chi connectivity index (χ4n) is 2.96. The second kappa shape index (κ2) is 7.65. The standard InChI is InChI=1S/C18H20N2O4S/c1-11-19-15(10-25-11)9-24-16-4-2-3-12(8-16)17(21)20-14-6-5-13(7-14)18(22)23/h2-4,8,10,13-14H,5-7,9H2,1H3,(H,20,21)(H,22,23)/t13-,14+/m1/s1. The van der Waals surface area contributed by atoms with Crippen LogP contribution in [0.5, 0.6) is 5.75 Å². The molecule has 1 aliphatic carbocycles. The fraction of sp³-hybridized carbons (Fsp3) is 0.389. The molecule has 2 aromatic rings. The maximum Gasteiger partial charge on any atom is 0.306 e. The maximum absolute atomic E-state index is 12.4. The molecule has 1 aromatic heterocycles. The predicted octanol–water partition coefficient (Wildman–Crippen LogP) is 3.01. The smallest absolute Gasteiger partial charge is 0.306 e. The molecule has 132 valence electrons. The van der Waals surface area contributed by atoms with E-state index in [2.05, 4.69) is 10.3 Å². The minimum atomic E-state index is -0.788. The Morgan fingerprint density at radius 2 is 2.24 bits per heavy atom. The van der Waals surface area contributed by atoms with Crippen LogP contribution in [0.4, 0.5) is 0 Å². The normalized spacial score (nSPS) is 19.6. The molecule has 0 spiro atoms. The van der Waals surface area contributed by atoms with Crippen LogP contribution in [0.25, 0.3) is 0 Å². The topological polar surface area (TPSA) is 88.5 Å². The van der Waals surface area contributed by atoms with Crippen LogP contribution in [0.15, 0.2) is 29.6 Å². The van der Waals surface area contributed by atoms with Gasteiger partial charge in [-0.25, -0.2) is 4.98 Å². The Morgan fingerprint density at radius 3 is 2.92 bits per heavy atom. The number of hydrogen-bond acceptors (Lipinski definition) is 5. The SMILES string of the molecule is Cc1nc(COc2cccc(C(=O)N[C@H]3CC[C@@H](C(=O)O)C3)c2)cs1. The van der Waals surface area contributed by atoms with E-state index in [0.29, 0.717) is 37.2 Å². The number of carbonyl (C=O) groups is 2. The minimum Gasteiger partial charge on any atom is -0.487 e. The van der Waals surface area contributed by atoms with E-state index < -0.39 is 5.97 Å². The van der Waals surface area contributed by atoms with Crippen molar-refractivity contribution in [3.8, 4) is 5.75 Å². The minimum absolute atomic E-state index is 0.0869. The molecule has 7 heteroatoms. The van der Waals surface area contributed by atoms with Gasteiger partial charge in [-0.2, -0.15) is 0 Å². The molecule has 1 heterocycles. The van der Waals surface area contributed by atoms with Crippen LogP contribution in [-0.2, 0) is 11.4 Å². The Kier molecular flexibility index (Phi) is 5.33. The first-order chi connectivity index (χ1) is 12.0. The molecule has 3 rings (SSSR count). The largest absolute Gasteiger partial charge is 0.487 e. The second-order valence-corrected chi connectivity index (χ2v) is 7.26. The number of ether oxygens (including phenoxy) is 1. The van der Waals surface area contributed by atoms with Crippen LogP contribution < -0.4 is 10.1 Å². The van der Waals surface area contributed by atoms with Gasteiger partial charge in [0.05, 0.1) is 16.6 Å². The summed E-state index contributed by atoms with van der Waals surface area (Å²) in [5, 5.41) is 14.9. The van der Waals surface area contributed by atoms with Crippen LogP contribution >= 0.6 is 11.3 Å². The number of rotatable bonds is 6. The highest BCUT2D eigenvalue weighted by atomic mass is 32.1. The second-order valence-electron chi connectivity index (χ2n) is 6.19. The summed E-state index contributed by atoms with van der Waals surface area (Å²) in [6.07, 6.45) is 1.79. The van der Waals surface area contributed by atoms with Crippen LogP contribution in [0.3, 0.4) is 0 Å². The first-order valence-electron chi connectivity index (χ1n) is 8.19. The van der Waals surface area contributed by atoms with E-state index in [4.69, 9.17) is 9.84 Å². The Morgan fingerprint density at radius 1 is 1.40 bits per heavy atom. The molecule has 0 bridgehead atoms. The number of nitrogens with zero attached hydrogens (tertiary/aromatic N) is 1. The van der Waals surface area contributed by atoms with Crippen LogP contribution in [0.1, 0.15) is 40.3 Å². The molecule has 1 amide bonds. The fourth-order valence-corrected chi connectivity index (χ4v) is 3.56. The average Bonchev–Trinajstić information content (AvgIpc) is 3.22. The number of carboxylic acids is 1. The molecule has 0 radical (unpaired) electrons. The maximum atomic E-state index is 12.4.